The minimum atomic E-state index is -0.901. The zero-order valence-electron chi connectivity index (χ0n) is 7.58. The van der Waals surface area contributed by atoms with Crippen LogP contribution in [0.1, 0.15) is 16.5 Å². The Morgan fingerprint density at radius 2 is 1.87 bits per heavy atom. The van der Waals surface area contributed by atoms with Crippen molar-refractivity contribution < 1.29 is 13.2 Å². The predicted molar refractivity (Wildman–Crippen MR) is 52.8 cm³/mol. The zero-order chi connectivity index (χ0) is 10.8. The van der Waals surface area contributed by atoms with Crippen LogP contribution in [0.3, 0.4) is 0 Å². The summed E-state index contributed by atoms with van der Waals surface area (Å²) < 4.78 is 30.5. The third-order valence-corrected chi connectivity index (χ3v) is 2.58. The lowest BCUT2D eigenvalue weighted by Gasteiger charge is -2.07. The Balaban J connectivity index is 2.34. The lowest BCUT2D eigenvalue weighted by molar-refractivity contribution is 0.507. The second kappa shape index (κ2) is 4.03. The molecule has 0 saturated heterocycles. The van der Waals surface area contributed by atoms with Crippen LogP contribution in [-0.2, 0) is 0 Å². The van der Waals surface area contributed by atoms with E-state index in [9.17, 15) is 8.78 Å². The van der Waals surface area contributed by atoms with Gasteiger partial charge in [-0.2, -0.15) is 0 Å². The summed E-state index contributed by atoms with van der Waals surface area (Å²) in [5.41, 5.74) is 1.21. The van der Waals surface area contributed by atoms with Crippen LogP contribution in [0.2, 0.25) is 0 Å². The van der Waals surface area contributed by atoms with Gasteiger partial charge in [-0.25, -0.2) is 8.78 Å². The first-order valence-corrected chi connectivity index (χ1v) is 4.73. The Kier molecular flexibility index (Phi) is 2.73. The maximum Gasteiger partial charge on any atom is 0.159 e. The summed E-state index contributed by atoms with van der Waals surface area (Å²) in [7, 11) is 0. The summed E-state index contributed by atoms with van der Waals surface area (Å²) in [6.07, 6.45) is 2.95. The maximum atomic E-state index is 12.9. The minimum absolute atomic E-state index is 0.497. The molecule has 4 heteroatoms. The van der Waals surface area contributed by atoms with Crippen LogP contribution in [0.5, 0.6) is 0 Å². The Hall–Kier alpha value is -1.35. The molecule has 15 heavy (non-hydrogen) atoms. The van der Waals surface area contributed by atoms with Gasteiger partial charge in [0.15, 0.2) is 11.6 Å². The van der Waals surface area contributed by atoms with Crippen molar-refractivity contribution in [3.05, 3.63) is 59.6 Å². The van der Waals surface area contributed by atoms with E-state index >= 15 is 0 Å². The fourth-order valence-electron chi connectivity index (χ4n) is 1.28. The molecule has 0 aliphatic rings. The molecule has 0 radical (unpaired) electrons. The van der Waals surface area contributed by atoms with Gasteiger partial charge in [-0.15, -0.1) is 11.6 Å². The Morgan fingerprint density at radius 1 is 1.07 bits per heavy atom. The van der Waals surface area contributed by atoms with E-state index in [1.54, 1.807) is 6.07 Å². The fraction of sp³-hybridized carbons (Fsp3) is 0.0909. The molecule has 78 valence electrons. The average molecular weight is 229 g/mol. The van der Waals surface area contributed by atoms with Gasteiger partial charge in [0, 0.05) is 5.56 Å². The van der Waals surface area contributed by atoms with E-state index in [4.69, 9.17) is 16.0 Å². The van der Waals surface area contributed by atoms with Gasteiger partial charge >= 0.3 is 0 Å². The predicted octanol–water partition coefficient (Wildman–Crippen LogP) is 3.89. The largest absolute Gasteiger partial charge is 0.472 e. The topological polar surface area (TPSA) is 13.1 Å². The highest BCUT2D eigenvalue weighted by atomic mass is 35.5. The molecule has 0 spiro atoms. The molecule has 0 N–H and O–H groups in total. The summed E-state index contributed by atoms with van der Waals surface area (Å²) in [4.78, 5) is 0. The van der Waals surface area contributed by atoms with Crippen LogP contribution in [0.15, 0.2) is 41.2 Å². The molecule has 0 bridgehead atoms. The molecule has 2 rings (SSSR count). The normalized spacial score (nSPS) is 12.7. The standard InChI is InChI=1S/C11H7ClF2O/c12-11(8-3-4-15-6-8)7-1-2-9(13)10(14)5-7/h1-6,11H. The van der Waals surface area contributed by atoms with Gasteiger partial charge in [0.1, 0.15) is 0 Å². The number of rotatable bonds is 2. The second-order valence-electron chi connectivity index (χ2n) is 3.09. The van der Waals surface area contributed by atoms with E-state index in [2.05, 4.69) is 0 Å². The highest BCUT2D eigenvalue weighted by Crippen LogP contribution is 2.29. The van der Waals surface area contributed by atoms with E-state index in [-0.39, 0.29) is 0 Å². The Morgan fingerprint density at radius 3 is 2.47 bits per heavy atom. The summed E-state index contributed by atoms with van der Waals surface area (Å²) >= 11 is 6.05. The molecular formula is C11H7ClF2O. The van der Waals surface area contributed by atoms with E-state index in [1.807, 2.05) is 0 Å². The molecule has 1 atom stereocenters. The molecule has 2 aromatic rings. The van der Waals surface area contributed by atoms with Crippen molar-refractivity contribution in [1.29, 1.82) is 0 Å². The van der Waals surface area contributed by atoms with Gasteiger partial charge in [-0.1, -0.05) is 6.07 Å². The van der Waals surface area contributed by atoms with Crippen LogP contribution in [-0.4, -0.2) is 0 Å². The van der Waals surface area contributed by atoms with Crippen LogP contribution >= 0.6 is 11.6 Å². The Labute approximate surface area is 90.3 Å². The van der Waals surface area contributed by atoms with E-state index in [0.29, 0.717) is 11.1 Å². The van der Waals surface area contributed by atoms with Crippen molar-refractivity contribution in [1.82, 2.24) is 0 Å². The molecule has 0 amide bonds. The average Bonchev–Trinajstić information content (AvgIpc) is 2.74. The summed E-state index contributed by atoms with van der Waals surface area (Å²) in [5, 5.41) is -0.529. The molecule has 1 heterocycles. The third kappa shape index (κ3) is 2.02. The number of alkyl halides is 1. The minimum Gasteiger partial charge on any atom is -0.472 e. The summed E-state index contributed by atoms with van der Waals surface area (Å²) in [6.45, 7) is 0. The first kappa shape index (κ1) is 10.2. The highest BCUT2D eigenvalue weighted by Gasteiger charge is 2.13. The fourth-order valence-corrected chi connectivity index (χ4v) is 1.54. The first-order chi connectivity index (χ1) is 7.18. The van der Waals surface area contributed by atoms with Crippen molar-refractivity contribution in [2.75, 3.05) is 0 Å². The first-order valence-electron chi connectivity index (χ1n) is 4.29. The van der Waals surface area contributed by atoms with Crippen molar-refractivity contribution in [2.24, 2.45) is 0 Å². The van der Waals surface area contributed by atoms with Gasteiger partial charge < -0.3 is 4.42 Å². The van der Waals surface area contributed by atoms with E-state index in [0.717, 1.165) is 12.1 Å². The third-order valence-electron chi connectivity index (χ3n) is 2.07. The molecular weight excluding hydrogens is 222 g/mol. The molecule has 0 saturated carbocycles. The maximum absolute atomic E-state index is 12.9. The molecule has 0 aliphatic carbocycles. The van der Waals surface area contributed by atoms with Crippen molar-refractivity contribution >= 4 is 11.6 Å². The highest BCUT2D eigenvalue weighted by molar-refractivity contribution is 6.22. The van der Waals surface area contributed by atoms with Gasteiger partial charge in [0.2, 0.25) is 0 Å². The van der Waals surface area contributed by atoms with E-state index in [1.165, 1.54) is 18.6 Å². The smallest absolute Gasteiger partial charge is 0.159 e. The number of hydrogen-bond donors (Lipinski definition) is 0. The van der Waals surface area contributed by atoms with Crippen molar-refractivity contribution in [3.63, 3.8) is 0 Å². The van der Waals surface area contributed by atoms with Crippen LogP contribution in [0.25, 0.3) is 0 Å². The lowest BCUT2D eigenvalue weighted by atomic mass is 10.1. The van der Waals surface area contributed by atoms with Crippen molar-refractivity contribution in [3.8, 4) is 0 Å². The molecule has 1 aromatic heterocycles. The molecule has 1 nitrogen and oxygen atoms in total. The number of hydrogen-bond acceptors (Lipinski definition) is 1. The monoisotopic (exact) mass is 228 g/mol. The van der Waals surface area contributed by atoms with Crippen LogP contribution in [0, 0.1) is 11.6 Å². The lowest BCUT2D eigenvalue weighted by Crippen LogP contribution is -1.94. The van der Waals surface area contributed by atoms with Crippen molar-refractivity contribution in [2.45, 2.75) is 5.38 Å². The molecule has 0 fully saturated rings. The molecule has 1 unspecified atom stereocenters. The van der Waals surface area contributed by atoms with Gasteiger partial charge in [0.25, 0.3) is 0 Å². The number of halogens is 3. The zero-order valence-corrected chi connectivity index (χ0v) is 8.34. The van der Waals surface area contributed by atoms with Gasteiger partial charge in [-0.3, -0.25) is 0 Å². The summed E-state index contributed by atoms with van der Waals surface area (Å²) in [5.74, 6) is -1.78. The van der Waals surface area contributed by atoms with Gasteiger partial charge in [-0.05, 0) is 23.8 Å². The van der Waals surface area contributed by atoms with Gasteiger partial charge in [0.05, 0.1) is 17.9 Å². The van der Waals surface area contributed by atoms with Crippen LogP contribution < -0.4 is 0 Å². The quantitative estimate of drug-likeness (QED) is 0.711. The molecule has 1 aromatic carbocycles. The van der Waals surface area contributed by atoms with E-state index < -0.39 is 17.0 Å². The molecule has 0 aliphatic heterocycles. The number of furan rings is 1. The second-order valence-corrected chi connectivity index (χ2v) is 3.53. The SMILES string of the molecule is Fc1ccc(C(Cl)c2ccoc2)cc1F. The number of benzene rings is 1. The summed E-state index contributed by atoms with van der Waals surface area (Å²) in [6, 6.07) is 5.27. The Bertz CT molecular complexity index is 454. The van der Waals surface area contributed by atoms with Crippen LogP contribution in [0.4, 0.5) is 8.78 Å².